The van der Waals surface area contributed by atoms with E-state index in [1.807, 2.05) is 0 Å². The average molecular weight is 537 g/mol. The van der Waals surface area contributed by atoms with Crippen LogP contribution < -0.4 is 11.5 Å². The van der Waals surface area contributed by atoms with Gasteiger partial charge in [-0.05, 0) is 128 Å². The van der Waals surface area contributed by atoms with Gasteiger partial charge in [0.15, 0.2) is 0 Å². The summed E-state index contributed by atoms with van der Waals surface area (Å²) in [4.78, 5) is 12.9. The van der Waals surface area contributed by atoms with Crippen molar-refractivity contribution < 1.29 is 9.53 Å². The van der Waals surface area contributed by atoms with E-state index in [1.165, 1.54) is 70.6 Å². The number of carbonyl (C=O) groups excluding carboxylic acids is 1. The molecule has 39 heavy (non-hydrogen) atoms. The summed E-state index contributed by atoms with van der Waals surface area (Å²) in [5.74, 6) is 5.72. The van der Waals surface area contributed by atoms with Gasteiger partial charge >= 0.3 is 5.97 Å². The van der Waals surface area contributed by atoms with Crippen molar-refractivity contribution >= 4 is 17.3 Å². The monoisotopic (exact) mass is 536 g/mol. The van der Waals surface area contributed by atoms with Crippen molar-refractivity contribution in [2.75, 3.05) is 11.5 Å². The number of hydrogen-bond acceptors (Lipinski definition) is 4. The second-order valence-electron chi connectivity index (χ2n) is 15.0. The van der Waals surface area contributed by atoms with E-state index in [-0.39, 0.29) is 12.1 Å². The Bertz CT molecular complexity index is 1000. The molecule has 4 fully saturated rings. The number of nitrogens with two attached hydrogens (primary N) is 2. The van der Waals surface area contributed by atoms with Crippen LogP contribution in [0.15, 0.2) is 18.2 Å². The van der Waals surface area contributed by atoms with Gasteiger partial charge in [0, 0.05) is 11.4 Å². The van der Waals surface area contributed by atoms with Crippen LogP contribution in [0.4, 0.5) is 11.4 Å². The van der Waals surface area contributed by atoms with Crippen molar-refractivity contribution in [3.63, 3.8) is 0 Å². The minimum absolute atomic E-state index is 0.00998. The van der Waals surface area contributed by atoms with Crippen LogP contribution in [0.25, 0.3) is 0 Å². The molecule has 0 saturated heterocycles. The fourth-order valence-corrected chi connectivity index (χ4v) is 10.5. The molecule has 1 aromatic rings. The third kappa shape index (κ3) is 5.47. The Balaban J connectivity index is 1.21. The number of rotatable bonds is 8. The van der Waals surface area contributed by atoms with Gasteiger partial charge in [-0.3, -0.25) is 0 Å². The highest BCUT2D eigenvalue weighted by molar-refractivity contribution is 5.91. The fourth-order valence-electron chi connectivity index (χ4n) is 10.5. The van der Waals surface area contributed by atoms with Crippen LogP contribution in [0, 0.1) is 52.3 Å². The minimum Gasteiger partial charge on any atom is -0.459 e. The van der Waals surface area contributed by atoms with Crippen LogP contribution in [0.5, 0.6) is 0 Å². The summed E-state index contributed by atoms with van der Waals surface area (Å²) < 4.78 is 6.05. The van der Waals surface area contributed by atoms with Crippen molar-refractivity contribution in [3.8, 4) is 0 Å². The van der Waals surface area contributed by atoms with Gasteiger partial charge < -0.3 is 16.2 Å². The van der Waals surface area contributed by atoms with E-state index in [1.54, 1.807) is 18.2 Å². The number of nitrogen functional groups attached to an aromatic ring is 2. The summed E-state index contributed by atoms with van der Waals surface area (Å²) in [6.07, 6.45) is 17.2. The normalized spacial score (nSPS) is 39.2. The van der Waals surface area contributed by atoms with Crippen LogP contribution in [0.2, 0.25) is 0 Å². The van der Waals surface area contributed by atoms with E-state index in [4.69, 9.17) is 16.2 Å². The SMILES string of the molecule is CCC(C)CCCC(C)C1CCC2C3CCC4CC(OC(=O)c5cc(N)cc(N)c5)CCC4(C)C3CCC12C. The number of fused-ring (bicyclic) bond motifs is 5. The second kappa shape index (κ2) is 11.3. The van der Waals surface area contributed by atoms with Crippen LogP contribution in [0.3, 0.4) is 0 Å². The third-order valence-electron chi connectivity index (χ3n) is 12.9. The highest BCUT2D eigenvalue weighted by atomic mass is 16.5. The lowest BCUT2D eigenvalue weighted by atomic mass is 9.44. The van der Waals surface area contributed by atoms with Crippen LogP contribution in [0.1, 0.15) is 128 Å². The summed E-state index contributed by atoms with van der Waals surface area (Å²) >= 11 is 0. The molecule has 218 valence electrons. The highest BCUT2D eigenvalue weighted by Gasteiger charge is 2.60. The van der Waals surface area contributed by atoms with E-state index < -0.39 is 0 Å². The van der Waals surface area contributed by atoms with Crippen molar-refractivity contribution in [1.29, 1.82) is 0 Å². The molecule has 0 heterocycles. The number of carbonyl (C=O) groups is 1. The molecule has 4 heteroatoms. The van der Waals surface area contributed by atoms with Gasteiger partial charge in [-0.25, -0.2) is 4.79 Å². The number of benzene rings is 1. The molecular formula is C35H56N2O2. The van der Waals surface area contributed by atoms with Gasteiger partial charge in [-0.2, -0.15) is 0 Å². The lowest BCUT2D eigenvalue weighted by molar-refractivity contribution is -0.130. The lowest BCUT2D eigenvalue weighted by Crippen LogP contribution is -2.54. The number of esters is 1. The van der Waals surface area contributed by atoms with Gasteiger partial charge in [0.25, 0.3) is 0 Å². The maximum Gasteiger partial charge on any atom is 0.338 e. The number of ether oxygens (including phenoxy) is 1. The Morgan fingerprint density at radius 1 is 0.923 bits per heavy atom. The lowest BCUT2D eigenvalue weighted by Gasteiger charge is -2.61. The molecule has 0 bridgehead atoms. The molecule has 0 radical (unpaired) electrons. The fraction of sp³-hybridized carbons (Fsp3) is 0.800. The Labute approximate surface area is 238 Å². The molecule has 0 aliphatic heterocycles. The topological polar surface area (TPSA) is 78.3 Å². The van der Waals surface area contributed by atoms with Crippen molar-refractivity contribution in [2.45, 2.75) is 124 Å². The standard InChI is InChI=1S/C35H56N2O2/c1-6-22(2)8-7-9-23(3)30-12-13-31-29-11-10-25-20-28(39-33(38)24-18-26(36)21-27(37)19-24)14-16-34(25,4)32(29)15-17-35(30,31)5/h18-19,21-23,25,28-32H,6-17,20,36-37H2,1-5H3. The third-order valence-corrected chi connectivity index (χ3v) is 12.9. The average Bonchev–Trinajstić information content (AvgIpc) is 3.25. The molecular weight excluding hydrogens is 480 g/mol. The Morgan fingerprint density at radius 3 is 2.33 bits per heavy atom. The molecule has 4 aliphatic rings. The molecule has 4 aliphatic carbocycles. The maximum atomic E-state index is 12.9. The smallest absolute Gasteiger partial charge is 0.338 e. The summed E-state index contributed by atoms with van der Waals surface area (Å²) in [5.41, 5.74) is 14.3. The van der Waals surface area contributed by atoms with Gasteiger partial charge in [0.2, 0.25) is 0 Å². The molecule has 4 saturated carbocycles. The maximum absolute atomic E-state index is 12.9. The first kappa shape index (κ1) is 28.8. The molecule has 4 nitrogen and oxygen atoms in total. The van der Waals surface area contributed by atoms with E-state index in [2.05, 4.69) is 34.6 Å². The first-order chi connectivity index (χ1) is 18.5. The first-order valence-corrected chi connectivity index (χ1v) is 16.4. The zero-order valence-corrected chi connectivity index (χ0v) is 25.5. The summed E-state index contributed by atoms with van der Waals surface area (Å²) in [7, 11) is 0. The predicted molar refractivity (Wildman–Crippen MR) is 162 cm³/mol. The molecule has 10 unspecified atom stereocenters. The predicted octanol–water partition coefficient (Wildman–Crippen LogP) is 8.89. The molecule has 0 aromatic heterocycles. The van der Waals surface area contributed by atoms with Crippen molar-refractivity contribution in [2.24, 2.45) is 52.3 Å². The summed E-state index contributed by atoms with van der Waals surface area (Å²) in [6, 6.07) is 5.03. The Hall–Kier alpha value is -1.71. The first-order valence-electron chi connectivity index (χ1n) is 16.4. The summed E-state index contributed by atoms with van der Waals surface area (Å²) in [5, 5.41) is 0. The van der Waals surface area contributed by atoms with Gasteiger partial charge in [-0.1, -0.05) is 60.3 Å². The molecule has 0 amide bonds. The van der Waals surface area contributed by atoms with Gasteiger partial charge in [0.05, 0.1) is 5.56 Å². The Kier molecular flexibility index (Phi) is 8.33. The van der Waals surface area contributed by atoms with E-state index >= 15 is 0 Å². The van der Waals surface area contributed by atoms with Crippen molar-refractivity contribution in [3.05, 3.63) is 23.8 Å². The molecule has 5 rings (SSSR count). The molecule has 4 N–H and O–H groups in total. The van der Waals surface area contributed by atoms with Crippen molar-refractivity contribution in [1.82, 2.24) is 0 Å². The van der Waals surface area contributed by atoms with E-state index in [0.29, 0.717) is 33.7 Å². The van der Waals surface area contributed by atoms with Crippen LogP contribution >= 0.6 is 0 Å². The second-order valence-corrected chi connectivity index (χ2v) is 15.0. The molecule has 1 aromatic carbocycles. The van der Waals surface area contributed by atoms with Gasteiger partial charge in [-0.15, -0.1) is 0 Å². The van der Waals surface area contributed by atoms with Crippen LogP contribution in [-0.4, -0.2) is 12.1 Å². The van der Waals surface area contributed by atoms with E-state index in [9.17, 15) is 4.79 Å². The molecule has 0 spiro atoms. The number of anilines is 2. The summed E-state index contributed by atoms with van der Waals surface area (Å²) in [6.45, 7) is 12.6. The quantitative estimate of drug-likeness (QED) is 0.257. The largest absolute Gasteiger partial charge is 0.459 e. The molecule has 10 atom stereocenters. The van der Waals surface area contributed by atoms with Gasteiger partial charge in [0.1, 0.15) is 6.10 Å². The zero-order valence-electron chi connectivity index (χ0n) is 25.5. The highest BCUT2D eigenvalue weighted by Crippen LogP contribution is 2.68. The Morgan fingerprint density at radius 2 is 1.62 bits per heavy atom. The number of hydrogen-bond donors (Lipinski definition) is 2. The minimum atomic E-state index is -0.278. The van der Waals surface area contributed by atoms with Crippen LogP contribution in [-0.2, 0) is 4.74 Å². The zero-order chi connectivity index (χ0) is 27.9. The van der Waals surface area contributed by atoms with E-state index in [0.717, 1.165) is 48.3 Å².